The number of nitrogens with one attached hydrogen (secondary N) is 1. The molecule has 1 amide bonds. The minimum Gasteiger partial charge on any atom is -0.390 e. The fraction of sp³-hybridized carbons (Fsp3) is 0.667. The van der Waals surface area contributed by atoms with Gasteiger partial charge >= 0.3 is 0 Å². The molecule has 0 saturated carbocycles. The van der Waals surface area contributed by atoms with E-state index in [0.29, 0.717) is 24.4 Å². The largest absolute Gasteiger partial charge is 0.390 e. The number of unbranched alkanes of at least 4 members (excludes halogenated alkanes) is 1. The summed E-state index contributed by atoms with van der Waals surface area (Å²) in [5, 5.41) is 21.4. The molecule has 1 rings (SSSR count). The van der Waals surface area contributed by atoms with E-state index in [4.69, 9.17) is 0 Å². The smallest absolute Gasteiger partial charge is 0.220 e. The van der Waals surface area contributed by atoms with Crippen molar-refractivity contribution in [2.45, 2.75) is 63.9 Å². The van der Waals surface area contributed by atoms with Gasteiger partial charge < -0.3 is 15.5 Å². The van der Waals surface area contributed by atoms with Gasteiger partial charge in [0.15, 0.2) is 0 Å². The first-order valence-corrected chi connectivity index (χ1v) is 11.1. The highest BCUT2D eigenvalue weighted by Gasteiger charge is 2.19. The number of carbonyl (C=O) groups is 1. The molecule has 0 radical (unpaired) electrons. The molecular formula is C18H30N2O3S2. The fourth-order valence-corrected chi connectivity index (χ4v) is 4.72. The second-order valence-corrected chi connectivity index (χ2v) is 9.70. The Morgan fingerprint density at radius 2 is 1.84 bits per heavy atom. The second kappa shape index (κ2) is 11.8. The lowest BCUT2D eigenvalue weighted by atomic mass is 10.1. The molecule has 0 saturated heterocycles. The second-order valence-electron chi connectivity index (χ2n) is 6.59. The van der Waals surface area contributed by atoms with Crippen molar-refractivity contribution in [2.75, 3.05) is 12.8 Å². The molecule has 5 nitrogen and oxygen atoms in total. The molecule has 0 unspecified atom stereocenters. The van der Waals surface area contributed by atoms with Crippen LogP contribution < -0.4 is 5.32 Å². The van der Waals surface area contributed by atoms with Crippen molar-refractivity contribution in [1.29, 1.82) is 0 Å². The lowest BCUT2D eigenvalue weighted by Gasteiger charge is -2.21. The van der Waals surface area contributed by atoms with Gasteiger partial charge in [0.25, 0.3) is 0 Å². The summed E-state index contributed by atoms with van der Waals surface area (Å²) in [5.74, 6) is 0.115. The van der Waals surface area contributed by atoms with Crippen molar-refractivity contribution in [3.8, 4) is 0 Å². The molecular weight excluding hydrogens is 356 g/mol. The topological polar surface area (TPSA) is 82.5 Å². The van der Waals surface area contributed by atoms with E-state index in [9.17, 15) is 15.0 Å². The van der Waals surface area contributed by atoms with Gasteiger partial charge in [-0.1, -0.05) is 21.6 Å². The van der Waals surface area contributed by atoms with Crippen LogP contribution >= 0.6 is 21.6 Å². The zero-order valence-electron chi connectivity index (χ0n) is 15.4. The van der Waals surface area contributed by atoms with Crippen LogP contribution in [0.25, 0.3) is 0 Å². The van der Waals surface area contributed by atoms with Gasteiger partial charge in [0.05, 0.1) is 24.6 Å². The molecule has 142 valence electrons. The Balaban J connectivity index is 2.24. The van der Waals surface area contributed by atoms with Crippen molar-refractivity contribution in [3.63, 3.8) is 0 Å². The van der Waals surface area contributed by atoms with Gasteiger partial charge in [0.1, 0.15) is 0 Å². The van der Waals surface area contributed by atoms with Gasteiger partial charge in [0, 0.05) is 17.7 Å². The molecule has 25 heavy (non-hydrogen) atoms. The maximum absolute atomic E-state index is 11.9. The Morgan fingerprint density at radius 3 is 2.40 bits per heavy atom. The maximum atomic E-state index is 11.9. The molecule has 1 aromatic heterocycles. The highest BCUT2D eigenvalue weighted by atomic mass is 33.1. The van der Waals surface area contributed by atoms with Crippen molar-refractivity contribution in [2.24, 2.45) is 0 Å². The average Bonchev–Trinajstić information content (AvgIpc) is 2.59. The summed E-state index contributed by atoms with van der Waals surface area (Å²) in [7, 11) is 3.54. The summed E-state index contributed by atoms with van der Waals surface area (Å²) in [6.07, 6.45) is 6.17. The molecule has 1 heterocycles. The van der Waals surface area contributed by atoms with Crippen LogP contribution in [0.5, 0.6) is 0 Å². The molecule has 0 aliphatic carbocycles. The van der Waals surface area contributed by atoms with Crippen LogP contribution in [0.2, 0.25) is 0 Å². The van der Waals surface area contributed by atoms with Crippen LogP contribution in [0.1, 0.15) is 56.5 Å². The third-order valence-corrected chi connectivity index (χ3v) is 6.47. The third kappa shape index (κ3) is 9.49. The average molecular weight is 387 g/mol. The lowest BCUT2D eigenvalue weighted by Crippen LogP contribution is -2.26. The Morgan fingerprint density at radius 1 is 1.20 bits per heavy atom. The summed E-state index contributed by atoms with van der Waals surface area (Å²) in [5.41, 5.74) is 2.23. The number of hydrogen-bond donors (Lipinski definition) is 3. The van der Waals surface area contributed by atoms with Crippen LogP contribution in [0.4, 0.5) is 0 Å². The van der Waals surface area contributed by atoms with Crippen LogP contribution in [0, 0.1) is 0 Å². The Hall–Kier alpha value is -0.760. The van der Waals surface area contributed by atoms with E-state index in [1.807, 2.05) is 22.9 Å². The van der Waals surface area contributed by atoms with Crippen molar-refractivity contribution in [1.82, 2.24) is 10.3 Å². The lowest BCUT2D eigenvalue weighted by molar-refractivity contribution is -0.121. The quantitative estimate of drug-likeness (QED) is 0.378. The number of aliphatic hydroxyl groups excluding tert-OH is 2. The predicted octanol–water partition coefficient (Wildman–Crippen LogP) is 3.08. The number of aromatic nitrogens is 1. The van der Waals surface area contributed by atoms with Gasteiger partial charge in [-0.2, -0.15) is 0 Å². The van der Waals surface area contributed by atoms with Crippen LogP contribution in [0.15, 0.2) is 12.1 Å². The number of hydrogen-bond acceptors (Lipinski definition) is 6. The van der Waals surface area contributed by atoms with Crippen LogP contribution in [0.3, 0.4) is 0 Å². The number of rotatable bonds is 12. The molecule has 0 aliphatic heterocycles. The van der Waals surface area contributed by atoms with Gasteiger partial charge in [-0.15, -0.1) is 0 Å². The summed E-state index contributed by atoms with van der Waals surface area (Å²) >= 11 is 0. The van der Waals surface area contributed by atoms with Crippen LogP contribution in [-0.4, -0.2) is 38.7 Å². The van der Waals surface area contributed by atoms with E-state index >= 15 is 0 Å². The van der Waals surface area contributed by atoms with Crippen LogP contribution in [-0.2, 0) is 24.4 Å². The number of nitrogens with zero attached hydrogens (tertiary/aromatic N) is 1. The van der Waals surface area contributed by atoms with E-state index in [-0.39, 0.29) is 23.9 Å². The van der Waals surface area contributed by atoms with Gasteiger partial charge in [0.2, 0.25) is 5.91 Å². The normalized spacial score (nSPS) is 11.6. The van der Waals surface area contributed by atoms with E-state index in [1.54, 1.807) is 10.8 Å². The molecule has 0 aromatic carbocycles. The first-order valence-electron chi connectivity index (χ1n) is 8.59. The Bertz CT molecular complexity index is 517. The zero-order valence-corrected chi connectivity index (χ0v) is 17.0. The number of pyridine rings is 1. The number of amides is 1. The van der Waals surface area contributed by atoms with Crippen molar-refractivity contribution in [3.05, 3.63) is 29.1 Å². The minimum atomic E-state index is -0.123. The molecule has 3 N–H and O–H groups in total. The predicted molar refractivity (Wildman–Crippen MR) is 106 cm³/mol. The molecule has 0 atom stereocenters. The minimum absolute atomic E-state index is 0.115. The molecule has 0 fully saturated rings. The summed E-state index contributed by atoms with van der Waals surface area (Å²) in [6, 6.07) is 3.73. The Kier molecular flexibility index (Phi) is 10.5. The van der Waals surface area contributed by atoms with Gasteiger partial charge in [-0.3, -0.25) is 9.78 Å². The molecule has 0 aliphatic rings. The van der Waals surface area contributed by atoms with E-state index < -0.39 is 0 Å². The summed E-state index contributed by atoms with van der Waals surface area (Å²) in [4.78, 5) is 16.0. The van der Waals surface area contributed by atoms with Gasteiger partial charge in [-0.05, 0) is 63.5 Å². The van der Waals surface area contributed by atoms with Crippen molar-refractivity contribution >= 4 is 27.5 Å². The van der Waals surface area contributed by atoms with E-state index in [1.165, 1.54) is 0 Å². The first kappa shape index (κ1) is 22.3. The van der Waals surface area contributed by atoms with E-state index in [2.05, 4.69) is 30.4 Å². The molecule has 0 spiro atoms. The number of aliphatic hydroxyl groups is 2. The zero-order chi connectivity index (χ0) is 18.7. The van der Waals surface area contributed by atoms with E-state index in [0.717, 1.165) is 31.2 Å². The first-order chi connectivity index (χ1) is 11.9. The third-order valence-electron chi connectivity index (χ3n) is 3.79. The molecule has 0 bridgehead atoms. The number of aryl methyl sites for hydroxylation is 1. The monoisotopic (exact) mass is 386 g/mol. The highest BCUT2D eigenvalue weighted by Crippen LogP contribution is 2.36. The maximum Gasteiger partial charge on any atom is 0.220 e. The van der Waals surface area contributed by atoms with Gasteiger partial charge in [-0.25, -0.2) is 0 Å². The molecule has 7 heteroatoms. The van der Waals surface area contributed by atoms with Crippen molar-refractivity contribution < 1.29 is 15.0 Å². The molecule has 1 aromatic rings. The fourth-order valence-electron chi connectivity index (χ4n) is 2.48. The SMILES string of the molecule is CSSC(C)(C)CCC(=O)NCCCCc1cc(CO)nc(CO)c1. The highest BCUT2D eigenvalue weighted by molar-refractivity contribution is 8.76. The Labute approximate surface area is 158 Å². The number of carbonyl (C=O) groups excluding carboxylic acids is 1. The standard InChI is InChI=1S/C18H30N2O3S2/c1-18(2,25-24-3)8-7-17(23)19-9-5-4-6-14-10-15(12-21)20-16(11-14)13-22/h10-11,21-22H,4-9,12-13H2,1-3H3,(H,19,23). The summed E-state index contributed by atoms with van der Waals surface area (Å²) in [6.45, 7) is 4.76. The summed E-state index contributed by atoms with van der Waals surface area (Å²) < 4.78 is 0.118.